The molecule has 4 heterocycles. The third kappa shape index (κ3) is 14.7. The summed E-state index contributed by atoms with van der Waals surface area (Å²) in [6.45, 7) is -0.288. The van der Waals surface area contributed by atoms with Crippen molar-refractivity contribution in [2.75, 3.05) is 49.6 Å². The number of guanidine groups is 1. The fourth-order valence-electron chi connectivity index (χ4n) is 9.04. The SMILES string of the molecule is CN1c2ccc(F)cc2C(=O)N2CCc3c([nH]c4ccc(OC(=O)CCSSCCC(=O)NCC[C@@H]5NC(=O)[C@H](Cc6ccccc6)NC(=O)[C@H](CC(=O)O)NC(=O)CNC(=O)[C@H](CCCN=C(N)N)NC5=O)cc34)C21. The van der Waals surface area contributed by atoms with E-state index in [1.54, 1.807) is 53.4 Å². The number of anilines is 1. The maximum atomic E-state index is 14.1. The first kappa shape index (κ1) is 55.9. The van der Waals surface area contributed by atoms with Gasteiger partial charge in [-0.3, -0.25) is 48.1 Å². The Bertz CT molecular complexity index is 2890. The molecular weight excluding hydrogens is 1030 g/mol. The van der Waals surface area contributed by atoms with Crippen LogP contribution in [0, 0.1) is 5.82 Å². The Morgan fingerprint density at radius 1 is 0.842 bits per heavy atom. The second-order valence-corrected chi connectivity index (χ2v) is 20.8. The summed E-state index contributed by atoms with van der Waals surface area (Å²) >= 11 is 0. The average Bonchev–Trinajstić information content (AvgIpc) is 3.76. The molecule has 3 aliphatic heterocycles. The maximum absolute atomic E-state index is 14.1. The van der Waals surface area contributed by atoms with Crippen molar-refractivity contribution in [2.24, 2.45) is 16.5 Å². The molecule has 404 valence electrons. The number of carbonyl (C=O) groups excluding carboxylic acids is 8. The van der Waals surface area contributed by atoms with Crippen LogP contribution in [0.15, 0.2) is 71.7 Å². The summed E-state index contributed by atoms with van der Waals surface area (Å²) in [5.41, 5.74) is 15.1. The van der Waals surface area contributed by atoms with Crippen LogP contribution >= 0.6 is 21.6 Å². The number of esters is 1. The van der Waals surface area contributed by atoms with Gasteiger partial charge in [-0.15, -0.1) is 0 Å². The Hall–Kier alpha value is -7.87. The number of fused-ring (bicyclic) bond motifs is 6. The molecule has 0 aliphatic carbocycles. The van der Waals surface area contributed by atoms with E-state index in [1.807, 2.05) is 18.0 Å². The van der Waals surface area contributed by atoms with Crippen molar-refractivity contribution < 1.29 is 57.4 Å². The molecule has 0 spiro atoms. The number of aromatic amines is 1. The number of carbonyl (C=O) groups is 9. The molecule has 1 aromatic heterocycles. The summed E-state index contributed by atoms with van der Waals surface area (Å²) in [6, 6.07) is 12.4. The minimum absolute atomic E-state index is 0.0129. The van der Waals surface area contributed by atoms with Crippen molar-refractivity contribution in [3.8, 4) is 5.75 Å². The zero-order valence-corrected chi connectivity index (χ0v) is 43.0. The number of aliphatic carboxylic acids is 1. The van der Waals surface area contributed by atoms with Crippen molar-refractivity contribution in [2.45, 2.75) is 81.7 Å². The van der Waals surface area contributed by atoms with Crippen LogP contribution in [0.2, 0.25) is 0 Å². The number of ether oxygens (including phenoxy) is 1. The van der Waals surface area contributed by atoms with E-state index in [0.717, 1.165) is 22.2 Å². The second kappa shape index (κ2) is 26.1. The molecule has 12 N–H and O–H groups in total. The van der Waals surface area contributed by atoms with Gasteiger partial charge in [-0.1, -0.05) is 51.9 Å². The van der Waals surface area contributed by atoms with Crippen LogP contribution in [0.4, 0.5) is 10.1 Å². The lowest BCUT2D eigenvalue weighted by Gasteiger charge is -2.46. The molecule has 7 rings (SSSR count). The summed E-state index contributed by atoms with van der Waals surface area (Å²) in [7, 11) is 4.61. The molecule has 0 radical (unpaired) electrons. The number of aromatic nitrogens is 1. The van der Waals surface area contributed by atoms with Crippen LogP contribution in [-0.4, -0.2) is 143 Å². The Labute approximate surface area is 443 Å². The van der Waals surface area contributed by atoms with E-state index in [0.29, 0.717) is 47.0 Å². The number of carboxylic acid groups (broad SMARTS) is 1. The van der Waals surface area contributed by atoms with Gasteiger partial charge in [0, 0.05) is 61.9 Å². The minimum atomic E-state index is -1.64. The second-order valence-electron chi connectivity index (χ2n) is 18.1. The van der Waals surface area contributed by atoms with E-state index in [-0.39, 0.29) is 69.4 Å². The van der Waals surface area contributed by atoms with Gasteiger partial charge in [-0.25, -0.2) is 4.39 Å². The van der Waals surface area contributed by atoms with Crippen LogP contribution in [0.25, 0.3) is 10.9 Å². The van der Waals surface area contributed by atoms with Crippen molar-refractivity contribution in [3.05, 3.63) is 94.9 Å². The molecule has 1 fully saturated rings. The molecule has 3 aliphatic rings. The molecule has 0 saturated carbocycles. The number of aliphatic imine (C=N–C) groups is 1. The molecule has 23 nitrogen and oxygen atoms in total. The summed E-state index contributed by atoms with van der Waals surface area (Å²) in [6.07, 6.45) is -0.658. The van der Waals surface area contributed by atoms with Crippen molar-refractivity contribution in [1.29, 1.82) is 0 Å². The van der Waals surface area contributed by atoms with E-state index in [2.05, 4.69) is 41.9 Å². The number of hydrogen-bond donors (Lipinski definition) is 10. The van der Waals surface area contributed by atoms with Gasteiger partial charge in [0.15, 0.2) is 5.96 Å². The number of halogens is 1. The third-order valence-corrected chi connectivity index (χ3v) is 15.1. The standard InChI is InChI=1S/C50H59FN12O11S2/c1-62-38-12-9-28(51)23-32(38)49(73)63-19-14-30-31-24-29(10-11-33(31)58-43(30)48(62)63)74-42(68)16-21-76-75-20-15-39(64)54-18-13-35-45(70)59-34(8-5-17-55-50(52)53)44(69)56-26-40(65)57-37(25-41(66)67)47(72)61-36(46(71)60-35)22-27-6-3-2-4-7-27/h2-4,6-7,9-12,23-24,34-37,48,58H,5,8,13-22,25-26H2,1H3,(H,54,64)(H,56,69)(H,57,65)(H,59,70)(H,60,71)(H,61,72)(H,66,67)(H4,52,53,55)/t34-,35-,36-,37-,48?/m0/s1. The fraction of sp³-hybridized carbons (Fsp3) is 0.400. The Morgan fingerprint density at radius 2 is 1.54 bits per heavy atom. The van der Waals surface area contributed by atoms with Crippen LogP contribution in [-0.2, 0) is 51.2 Å². The summed E-state index contributed by atoms with van der Waals surface area (Å²) in [5.74, 6) is -6.43. The van der Waals surface area contributed by atoms with Crippen LogP contribution in [0.5, 0.6) is 5.75 Å². The van der Waals surface area contributed by atoms with E-state index in [4.69, 9.17) is 16.2 Å². The predicted molar refractivity (Wildman–Crippen MR) is 281 cm³/mol. The first-order valence-corrected chi connectivity index (χ1v) is 26.9. The molecule has 4 aromatic rings. The van der Waals surface area contributed by atoms with Crippen molar-refractivity contribution >= 4 is 97.4 Å². The molecular formula is C50H59FN12O11S2. The molecule has 5 atom stereocenters. The number of H-pyrrole nitrogens is 1. The lowest BCUT2D eigenvalue weighted by molar-refractivity contribution is -0.141. The summed E-state index contributed by atoms with van der Waals surface area (Å²) < 4.78 is 19.8. The topological polar surface area (TPSA) is 342 Å². The molecule has 3 aromatic carbocycles. The largest absolute Gasteiger partial charge is 0.481 e. The summed E-state index contributed by atoms with van der Waals surface area (Å²) in [5, 5.41) is 25.6. The number of nitrogens with one attached hydrogen (secondary N) is 7. The van der Waals surface area contributed by atoms with Crippen molar-refractivity contribution in [1.82, 2.24) is 41.8 Å². The molecule has 7 amide bonds. The van der Waals surface area contributed by atoms with Gasteiger partial charge < -0.3 is 68.0 Å². The number of benzene rings is 3. The molecule has 1 saturated heterocycles. The highest BCUT2D eigenvalue weighted by Crippen LogP contribution is 2.43. The average molecular weight is 1090 g/mol. The lowest BCUT2D eigenvalue weighted by atomic mass is 9.96. The summed E-state index contributed by atoms with van der Waals surface area (Å²) in [4.78, 5) is 130. The molecule has 76 heavy (non-hydrogen) atoms. The van der Waals surface area contributed by atoms with Gasteiger partial charge >= 0.3 is 11.9 Å². The Morgan fingerprint density at radius 3 is 2.28 bits per heavy atom. The van der Waals surface area contributed by atoms with E-state index in [9.17, 15) is 52.6 Å². The maximum Gasteiger partial charge on any atom is 0.312 e. The fourth-order valence-corrected chi connectivity index (χ4v) is 11.0. The first-order valence-electron chi connectivity index (χ1n) is 24.4. The highest BCUT2D eigenvalue weighted by molar-refractivity contribution is 8.76. The molecule has 26 heteroatoms. The molecule has 0 bridgehead atoms. The number of amides is 7. The predicted octanol–water partition coefficient (Wildman–Crippen LogP) is 0.867. The highest BCUT2D eigenvalue weighted by Gasteiger charge is 2.42. The van der Waals surface area contributed by atoms with Gasteiger partial charge in [0.05, 0.1) is 36.3 Å². The highest BCUT2D eigenvalue weighted by atomic mass is 33.1. The normalized spacial score (nSPS) is 20.0. The Balaban J connectivity index is 0.914. The van der Waals surface area contributed by atoms with Crippen LogP contribution in [0.1, 0.15) is 71.9 Å². The minimum Gasteiger partial charge on any atom is -0.481 e. The number of nitrogens with two attached hydrogens (primary N) is 2. The van der Waals surface area contributed by atoms with E-state index >= 15 is 0 Å². The van der Waals surface area contributed by atoms with Gasteiger partial charge in [0.1, 0.15) is 41.9 Å². The third-order valence-electron chi connectivity index (χ3n) is 12.7. The monoisotopic (exact) mass is 1090 g/mol. The molecule has 1 unspecified atom stereocenters. The van der Waals surface area contributed by atoms with Crippen LogP contribution in [0.3, 0.4) is 0 Å². The van der Waals surface area contributed by atoms with E-state index in [1.165, 1.54) is 33.7 Å². The first-order chi connectivity index (χ1) is 36.4. The van der Waals surface area contributed by atoms with Gasteiger partial charge in [0.25, 0.3) is 5.91 Å². The number of hydrogen-bond acceptors (Lipinski definition) is 14. The van der Waals surface area contributed by atoms with Gasteiger partial charge in [-0.05, 0) is 73.2 Å². The van der Waals surface area contributed by atoms with Gasteiger partial charge in [-0.2, -0.15) is 0 Å². The van der Waals surface area contributed by atoms with Crippen LogP contribution < -0.4 is 53.0 Å². The zero-order valence-electron chi connectivity index (χ0n) is 41.4. The van der Waals surface area contributed by atoms with Gasteiger partial charge in [0.2, 0.25) is 35.4 Å². The smallest absolute Gasteiger partial charge is 0.312 e. The zero-order chi connectivity index (χ0) is 54.5. The Kier molecular flexibility index (Phi) is 19.2. The number of rotatable bonds is 19. The quantitative estimate of drug-likeness (QED) is 0.0156. The number of carboxylic acids is 1. The number of nitrogens with zero attached hydrogens (tertiary/aromatic N) is 3. The lowest BCUT2D eigenvalue weighted by Crippen LogP contribution is -2.58. The van der Waals surface area contributed by atoms with Crippen molar-refractivity contribution in [3.63, 3.8) is 0 Å². The van der Waals surface area contributed by atoms with E-state index < -0.39 is 90.6 Å².